The lowest BCUT2D eigenvalue weighted by atomic mass is 9.65. The van der Waals surface area contributed by atoms with Gasteiger partial charge >= 0.3 is 0 Å². The van der Waals surface area contributed by atoms with Crippen molar-refractivity contribution in [3.63, 3.8) is 0 Å². The average molecular weight is 825 g/mol. The van der Waals surface area contributed by atoms with Crippen LogP contribution in [0.4, 0.5) is 17.1 Å². The Morgan fingerprint density at radius 3 is 1.85 bits per heavy atom. The van der Waals surface area contributed by atoms with Crippen LogP contribution in [0.5, 0.6) is 0 Å². The second kappa shape index (κ2) is 13.8. The molecule has 0 amide bonds. The number of para-hydroxylation sites is 3. The van der Waals surface area contributed by atoms with Gasteiger partial charge in [0.15, 0.2) is 0 Å². The lowest BCUT2D eigenvalue weighted by Gasteiger charge is -2.39. The van der Waals surface area contributed by atoms with E-state index in [1.54, 1.807) is 0 Å². The van der Waals surface area contributed by atoms with Crippen LogP contribution in [0.15, 0.2) is 243 Å². The molecule has 2 nitrogen and oxygen atoms in total. The van der Waals surface area contributed by atoms with Gasteiger partial charge in [0.2, 0.25) is 0 Å². The molecule has 2 aliphatic rings. The van der Waals surface area contributed by atoms with E-state index in [2.05, 4.69) is 252 Å². The molecule has 0 radical (unpaired) electrons. The highest BCUT2D eigenvalue weighted by atomic mass is 15.1. The molecule has 0 N–H and O–H groups in total. The summed E-state index contributed by atoms with van der Waals surface area (Å²) in [6, 6.07) is 90.1. The number of rotatable bonds is 5. The molecule has 65 heavy (non-hydrogen) atoms. The molecule has 2 heteroatoms. The van der Waals surface area contributed by atoms with E-state index in [-0.39, 0.29) is 0 Å². The van der Waals surface area contributed by atoms with Crippen molar-refractivity contribution in [3.8, 4) is 39.1 Å². The lowest BCUT2D eigenvalue weighted by Crippen LogP contribution is -2.33. The summed E-state index contributed by atoms with van der Waals surface area (Å²) in [4.78, 5) is 2.48. The smallest absolute Gasteiger partial charge is 0.0754 e. The van der Waals surface area contributed by atoms with E-state index in [0.717, 1.165) is 17.1 Å². The number of fused-ring (bicyclic) bond motifs is 14. The first-order chi connectivity index (χ1) is 32.3. The monoisotopic (exact) mass is 824 g/mol. The van der Waals surface area contributed by atoms with Crippen molar-refractivity contribution in [2.75, 3.05) is 4.90 Å². The van der Waals surface area contributed by atoms with Crippen molar-refractivity contribution < 1.29 is 0 Å². The highest BCUT2D eigenvalue weighted by Gasteiger charge is 2.51. The number of nitrogens with zero attached hydrogens (tertiary/aromatic N) is 2. The van der Waals surface area contributed by atoms with Crippen LogP contribution in [-0.4, -0.2) is 4.57 Å². The van der Waals surface area contributed by atoms with E-state index in [1.807, 2.05) is 0 Å². The molecule has 1 atom stereocenters. The van der Waals surface area contributed by atoms with Gasteiger partial charge < -0.3 is 9.47 Å². The van der Waals surface area contributed by atoms with Gasteiger partial charge in [-0.15, -0.1) is 0 Å². The molecule has 302 valence electrons. The van der Waals surface area contributed by atoms with E-state index in [4.69, 9.17) is 0 Å². The Morgan fingerprint density at radius 1 is 0.338 bits per heavy atom. The summed E-state index contributed by atoms with van der Waals surface area (Å²) < 4.78 is 2.52. The summed E-state index contributed by atoms with van der Waals surface area (Å²) in [5.41, 5.74) is 19.4. The molecule has 2 heterocycles. The molecule has 0 saturated carbocycles. The van der Waals surface area contributed by atoms with Gasteiger partial charge in [-0.05, 0) is 103 Å². The number of benzene rings is 11. The maximum atomic E-state index is 2.52. The summed E-state index contributed by atoms with van der Waals surface area (Å²) in [5, 5.41) is 7.41. The fourth-order valence-electron chi connectivity index (χ4n) is 11.8. The average Bonchev–Trinajstić information content (AvgIpc) is 3.88. The number of hydrogen-bond acceptors (Lipinski definition) is 1. The molecule has 11 aromatic carbocycles. The topological polar surface area (TPSA) is 8.17 Å². The van der Waals surface area contributed by atoms with Crippen LogP contribution in [0, 0.1) is 0 Å². The summed E-state index contributed by atoms with van der Waals surface area (Å²) >= 11 is 0. The maximum Gasteiger partial charge on any atom is 0.0754 e. The highest BCUT2D eigenvalue weighted by Crippen LogP contribution is 2.62. The summed E-state index contributed by atoms with van der Waals surface area (Å²) in [5.74, 6) is 0. The van der Waals surface area contributed by atoms with Gasteiger partial charge in [0.1, 0.15) is 0 Å². The number of hydrogen-bond donors (Lipinski definition) is 0. The molecular weight excluding hydrogens is 785 g/mol. The zero-order valence-corrected chi connectivity index (χ0v) is 35.5. The minimum absolute atomic E-state index is 0.519. The first-order valence-electron chi connectivity index (χ1n) is 22.6. The first-order valence-corrected chi connectivity index (χ1v) is 22.6. The van der Waals surface area contributed by atoms with Crippen LogP contribution in [0.25, 0.3) is 82.4 Å². The Kier molecular flexibility index (Phi) is 7.64. The van der Waals surface area contributed by atoms with Crippen molar-refractivity contribution in [1.82, 2.24) is 4.57 Å². The second-order valence-corrected chi connectivity index (χ2v) is 17.5. The molecule has 14 rings (SSSR count). The number of anilines is 3. The van der Waals surface area contributed by atoms with Gasteiger partial charge in [-0.1, -0.05) is 206 Å². The van der Waals surface area contributed by atoms with Gasteiger partial charge in [0.05, 0.1) is 33.5 Å². The molecular formula is C63H40N2. The Hall–Kier alpha value is -8.46. The number of aromatic nitrogens is 1. The molecule has 1 unspecified atom stereocenters. The van der Waals surface area contributed by atoms with Crippen LogP contribution in [0.1, 0.15) is 22.3 Å². The summed E-state index contributed by atoms with van der Waals surface area (Å²) in [6.45, 7) is 0. The second-order valence-electron chi connectivity index (χ2n) is 17.5. The quantitative estimate of drug-likeness (QED) is 0.168. The normalized spacial score (nSPS) is 14.5. The zero-order chi connectivity index (χ0) is 42.6. The van der Waals surface area contributed by atoms with Crippen LogP contribution < -0.4 is 4.90 Å². The largest absolute Gasteiger partial charge is 0.309 e. The van der Waals surface area contributed by atoms with Crippen molar-refractivity contribution >= 4 is 60.4 Å². The Labute approximate surface area is 377 Å². The lowest BCUT2D eigenvalue weighted by molar-refractivity contribution is 0.748. The standard InChI is InChI=1S/C63H40N2/c1-2-18-41(19-3-1)45-38-39-59(49-26-7-6-25-48(45)49)64(57-37-15-21-42-20-4-5-24-46(42)57)44-23-14-22-43(40-44)47-29-16-33-55-61(47)52-28-8-10-31-53(52)63(55)54-32-11-13-36-60(54)65-58-35-12-9-27-50(58)51-30-17-34-56(63)62(51)65/h1-40H. The summed E-state index contributed by atoms with van der Waals surface area (Å²) in [6.07, 6.45) is 0. The SMILES string of the molecule is c1ccc(-c2ccc(N(c3cccc(-c4cccc5c4-c4ccccc4C54c5ccccc5-n5c6ccccc6c6cccc4c65)c3)c3cccc4ccccc34)c3ccccc23)cc1. The predicted molar refractivity (Wildman–Crippen MR) is 272 cm³/mol. The van der Waals surface area contributed by atoms with Crippen LogP contribution in [0.2, 0.25) is 0 Å². The van der Waals surface area contributed by atoms with Gasteiger partial charge in [0, 0.05) is 27.2 Å². The Balaban J connectivity index is 1.03. The molecule has 0 bridgehead atoms. The van der Waals surface area contributed by atoms with Crippen LogP contribution in [0.3, 0.4) is 0 Å². The van der Waals surface area contributed by atoms with E-state index < -0.39 is 5.41 Å². The molecule has 0 fully saturated rings. The Bertz CT molecular complexity index is 3910. The van der Waals surface area contributed by atoms with E-state index >= 15 is 0 Å². The molecule has 1 aliphatic carbocycles. The van der Waals surface area contributed by atoms with Crippen molar-refractivity contribution in [2.24, 2.45) is 0 Å². The fourth-order valence-corrected chi connectivity index (χ4v) is 11.8. The van der Waals surface area contributed by atoms with Gasteiger partial charge in [0.25, 0.3) is 0 Å². The maximum absolute atomic E-state index is 2.52. The van der Waals surface area contributed by atoms with Crippen LogP contribution in [-0.2, 0) is 5.41 Å². The third kappa shape index (κ3) is 4.94. The first kappa shape index (κ1) is 36.1. The van der Waals surface area contributed by atoms with E-state index in [1.165, 1.54) is 105 Å². The molecule has 12 aromatic rings. The zero-order valence-electron chi connectivity index (χ0n) is 35.5. The minimum Gasteiger partial charge on any atom is -0.309 e. The van der Waals surface area contributed by atoms with Crippen molar-refractivity contribution in [1.29, 1.82) is 0 Å². The fraction of sp³-hybridized carbons (Fsp3) is 0.0159. The molecule has 1 aliphatic heterocycles. The summed E-state index contributed by atoms with van der Waals surface area (Å²) in [7, 11) is 0. The van der Waals surface area contributed by atoms with Gasteiger partial charge in [-0.3, -0.25) is 0 Å². The van der Waals surface area contributed by atoms with E-state index in [9.17, 15) is 0 Å². The third-order valence-electron chi connectivity index (χ3n) is 14.4. The van der Waals surface area contributed by atoms with Crippen molar-refractivity contribution in [3.05, 3.63) is 265 Å². The van der Waals surface area contributed by atoms with Gasteiger partial charge in [-0.2, -0.15) is 0 Å². The van der Waals surface area contributed by atoms with Crippen LogP contribution >= 0.6 is 0 Å². The molecule has 0 saturated heterocycles. The van der Waals surface area contributed by atoms with Crippen molar-refractivity contribution in [2.45, 2.75) is 5.41 Å². The molecule has 1 spiro atoms. The Morgan fingerprint density at radius 2 is 0.938 bits per heavy atom. The highest BCUT2D eigenvalue weighted by molar-refractivity contribution is 6.14. The third-order valence-corrected chi connectivity index (χ3v) is 14.4. The van der Waals surface area contributed by atoms with E-state index in [0.29, 0.717) is 0 Å². The predicted octanol–water partition coefficient (Wildman–Crippen LogP) is 16.6. The minimum atomic E-state index is -0.519. The van der Waals surface area contributed by atoms with Gasteiger partial charge in [-0.25, -0.2) is 0 Å². The molecule has 1 aromatic heterocycles.